The van der Waals surface area contributed by atoms with Crippen LogP contribution in [-0.2, 0) is 11.2 Å². The first-order valence-corrected chi connectivity index (χ1v) is 8.02. The molecule has 0 aliphatic heterocycles. The molecule has 0 saturated heterocycles. The fraction of sp³-hybridized carbons (Fsp3) is 0.158. The summed E-state index contributed by atoms with van der Waals surface area (Å²) in [5.74, 6) is -0.0986. The number of rotatable bonds is 4. The monoisotopic (exact) mass is 339 g/mol. The molecule has 5 heteroatoms. The quantitative estimate of drug-likeness (QED) is 0.777. The highest BCUT2D eigenvalue weighted by molar-refractivity contribution is 6.34. The molecule has 3 aromatic rings. The van der Waals surface area contributed by atoms with Gasteiger partial charge in [0.15, 0.2) is 0 Å². The zero-order valence-corrected chi connectivity index (χ0v) is 14.3. The summed E-state index contributed by atoms with van der Waals surface area (Å²) in [6.07, 6.45) is 2.00. The molecule has 0 unspecified atom stereocenters. The Balaban J connectivity index is 1.85. The van der Waals surface area contributed by atoms with E-state index in [-0.39, 0.29) is 12.3 Å². The summed E-state index contributed by atoms with van der Waals surface area (Å²) < 4.78 is 0. The van der Waals surface area contributed by atoms with Crippen LogP contribution in [0.15, 0.2) is 54.7 Å². The Labute approximate surface area is 146 Å². The van der Waals surface area contributed by atoms with E-state index in [1.807, 2.05) is 61.5 Å². The zero-order valence-electron chi connectivity index (χ0n) is 13.6. The minimum atomic E-state index is -0.0986. The largest absolute Gasteiger partial charge is 0.375 e. The maximum atomic E-state index is 12.5. The van der Waals surface area contributed by atoms with E-state index in [2.05, 4.69) is 10.3 Å². The number of amides is 1. The molecule has 1 heterocycles. The predicted octanol–water partition coefficient (Wildman–Crippen LogP) is 4.14. The lowest BCUT2D eigenvalue weighted by Gasteiger charge is -2.19. The first-order chi connectivity index (χ1) is 11.6. The minimum Gasteiger partial charge on any atom is -0.375 e. The lowest BCUT2D eigenvalue weighted by atomic mass is 10.1. The number of benzene rings is 2. The van der Waals surface area contributed by atoms with Crippen LogP contribution in [0.3, 0.4) is 0 Å². The third-order valence-electron chi connectivity index (χ3n) is 3.78. The number of hydrogen-bond donors (Lipinski definition) is 1. The van der Waals surface area contributed by atoms with Gasteiger partial charge in [-0.1, -0.05) is 41.9 Å². The van der Waals surface area contributed by atoms with E-state index in [1.54, 1.807) is 12.3 Å². The van der Waals surface area contributed by atoms with Gasteiger partial charge < -0.3 is 10.2 Å². The molecule has 1 amide bonds. The van der Waals surface area contributed by atoms with Crippen LogP contribution in [0.4, 0.5) is 11.4 Å². The maximum absolute atomic E-state index is 12.5. The van der Waals surface area contributed by atoms with Gasteiger partial charge in [-0.2, -0.15) is 0 Å². The molecule has 0 saturated carbocycles. The second-order valence-electron chi connectivity index (χ2n) is 5.75. The van der Waals surface area contributed by atoms with Gasteiger partial charge in [0.05, 0.1) is 28.3 Å². The van der Waals surface area contributed by atoms with Crippen molar-refractivity contribution in [3.8, 4) is 0 Å². The van der Waals surface area contributed by atoms with E-state index in [9.17, 15) is 4.79 Å². The summed E-state index contributed by atoms with van der Waals surface area (Å²) in [5, 5.41) is 4.58. The number of pyridine rings is 1. The number of aromatic nitrogens is 1. The highest BCUT2D eigenvalue weighted by atomic mass is 35.5. The highest BCUT2D eigenvalue weighted by Gasteiger charge is 2.13. The normalized spacial score (nSPS) is 10.6. The molecule has 2 aromatic carbocycles. The van der Waals surface area contributed by atoms with Crippen LogP contribution in [0.5, 0.6) is 0 Å². The first-order valence-electron chi connectivity index (χ1n) is 7.64. The van der Waals surface area contributed by atoms with Crippen LogP contribution in [0.1, 0.15) is 5.56 Å². The number of nitrogens with one attached hydrogen (secondary N) is 1. The summed E-state index contributed by atoms with van der Waals surface area (Å²) in [6, 6.07) is 15.2. The Morgan fingerprint density at radius 3 is 2.67 bits per heavy atom. The van der Waals surface area contributed by atoms with Gasteiger partial charge in [-0.05, 0) is 23.8 Å². The van der Waals surface area contributed by atoms with Crippen molar-refractivity contribution in [3.63, 3.8) is 0 Å². The Morgan fingerprint density at radius 1 is 1.12 bits per heavy atom. The van der Waals surface area contributed by atoms with Crippen LogP contribution in [0, 0.1) is 0 Å². The van der Waals surface area contributed by atoms with E-state index < -0.39 is 0 Å². The Morgan fingerprint density at radius 2 is 1.88 bits per heavy atom. The zero-order chi connectivity index (χ0) is 17.1. The average Bonchev–Trinajstić information content (AvgIpc) is 2.55. The number of para-hydroxylation sites is 2. The summed E-state index contributed by atoms with van der Waals surface area (Å²) >= 11 is 6.24. The first kappa shape index (κ1) is 16.3. The molecule has 0 bridgehead atoms. The molecule has 0 spiro atoms. The molecule has 0 aliphatic carbocycles. The van der Waals surface area contributed by atoms with Gasteiger partial charge in [0.25, 0.3) is 0 Å². The SMILES string of the molecule is CN(C)c1c(Cl)cccc1NC(=O)Cc1cccc2cccnc12. The molecule has 1 N–H and O–H groups in total. The van der Waals surface area contributed by atoms with Crippen molar-refractivity contribution in [2.75, 3.05) is 24.3 Å². The number of carbonyl (C=O) groups excluding carboxylic acids is 1. The second kappa shape index (κ2) is 6.89. The Hall–Kier alpha value is -2.59. The van der Waals surface area contributed by atoms with Crippen molar-refractivity contribution in [2.45, 2.75) is 6.42 Å². The number of fused-ring (bicyclic) bond motifs is 1. The van der Waals surface area contributed by atoms with E-state index >= 15 is 0 Å². The lowest BCUT2D eigenvalue weighted by Crippen LogP contribution is -2.18. The number of halogens is 1. The van der Waals surface area contributed by atoms with Gasteiger partial charge in [-0.25, -0.2) is 0 Å². The molecule has 24 heavy (non-hydrogen) atoms. The van der Waals surface area contributed by atoms with Crippen molar-refractivity contribution in [2.24, 2.45) is 0 Å². The third-order valence-corrected chi connectivity index (χ3v) is 4.08. The minimum absolute atomic E-state index is 0.0986. The van der Waals surface area contributed by atoms with Crippen molar-refractivity contribution < 1.29 is 4.79 Å². The number of nitrogens with zero attached hydrogens (tertiary/aromatic N) is 2. The van der Waals surface area contributed by atoms with Gasteiger partial charge in [-0.15, -0.1) is 0 Å². The molecule has 0 radical (unpaired) electrons. The van der Waals surface area contributed by atoms with Crippen molar-refractivity contribution in [1.82, 2.24) is 4.98 Å². The highest BCUT2D eigenvalue weighted by Crippen LogP contribution is 2.32. The van der Waals surface area contributed by atoms with Gasteiger partial charge in [0, 0.05) is 25.7 Å². The number of carbonyl (C=O) groups is 1. The van der Waals surface area contributed by atoms with Crippen LogP contribution in [0.25, 0.3) is 10.9 Å². The van der Waals surface area contributed by atoms with Crippen molar-refractivity contribution in [3.05, 3.63) is 65.3 Å². The average molecular weight is 340 g/mol. The van der Waals surface area contributed by atoms with Crippen molar-refractivity contribution >= 4 is 39.8 Å². The summed E-state index contributed by atoms with van der Waals surface area (Å²) in [6.45, 7) is 0. The Kier molecular flexibility index (Phi) is 4.67. The van der Waals surface area contributed by atoms with E-state index in [4.69, 9.17) is 11.6 Å². The third kappa shape index (κ3) is 3.34. The van der Waals surface area contributed by atoms with Crippen LogP contribution < -0.4 is 10.2 Å². The van der Waals surface area contributed by atoms with Crippen molar-refractivity contribution in [1.29, 1.82) is 0 Å². The summed E-state index contributed by atoms with van der Waals surface area (Å²) in [7, 11) is 3.79. The topological polar surface area (TPSA) is 45.2 Å². The second-order valence-corrected chi connectivity index (χ2v) is 6.15. The number of hydrogen-bond acceptors (Lipinski definition) is 3. The van der Waals surface area contributed by atoms with Gasteiger partial charge in [0.2, 0.25) is 5.91 Å². The Bertz CT molecular complexity index is 887. The van der Waals surface area contributed by atoms with E-state index in [0.717, 1.165) is 22.2 Å². The number of anilines is 2. The summed E-state index contributed by atoms with van der Waals surface area (Å²) in [4.78, 5) is 18.8. The van der Waals surface area contributed by atoms with Gasteiger partial charge in [-0.3, -0.25) is 9.78 Å². The molecule has 4 nitrogen and oxygen atoms in total. The molecular weight excluding hydrogens is 322 g/mol. The maximum Gasteiger partial charge on any atom is 0.228 e. The van der Waals surface area contributed by atoms with E-state index in [0.29, 0.717) is 10.7 Å². The smallest absolute Gasteiger partial charge is 0.228 e. The molecule has 3 rings (SSSR count). The van der Waals surface area contributed by atoms with Gasteiger partial charge in [0.1, 0.15) is 0 Å². The fourth-order valence-electron chi connectivity index (χ4n) is 2.75. The molecule has 0 aliphatic rings. The van der Waals surface area contributed by atoms with Gasteiger partial charge >= 0.3 is 0 Å². The van der Waals surface area contributed by atoms with Crippen LogP contribution in [-0.4, -0.2) is 25.0 Å². The molecule has 122 valence electrons. The molecule has 0 fully saturated rings. The molecule has 1 aromatic heterocycles. The lowest BCUT2D eigenvalue weighted by molar-refractivity contribution is -0.115. The van der Waals surface area contributed by atoms with E-state index in [1.165, 1.54) is 0 Å². The standard InChI is InChI=1S/C19H18ClN3O/c1-23(2)19-15(20)9-4-10-16(19)22-17(24)12-14-7-3-6-13-8-5-11-21-18(13)14/h3-11H,12H2,1-2H3,(H,22,24). The molecular formula is C19H18ClN3O. The molecule has 0 atom stereocenters. The van der Waals surface area contributed by atoms with Crippen LogP contribution in [0.2, 0.25) is 5.02 Å². The fourth-order valence-corrected chi connectivity index (χ4v) is 3.09. The summed E-state index contributed by atoms with van der Waals surface area (Å²) in [5.41, 5.74) is 3.25. The van der Waals surface area contributed by atoms with Crippen LogP contribution >= 0.6 is 11.6 Å². The predicted molar refractivity (Wildman–Crippen MR) is 99.9 cm³/mol.